The first kappa shape index (κ1) is 15.9. The molecule has 0 fully saturated rings. The van der Waals surface area contributed by atoms with Gasteiger partial charge in [0, 0.05) is 12.1 Å². The van der Waals surface area contributed by atoms with Crippen LogP contribution in [0.15, 0.2) is 30.5 Å². The molecule has 0 atom stereocenters. The fraction of sp³-hybridized carbons (Fsp3) is 0.267. The summed E-state index contributed by atoms with van der Waals surface area (Å²) in [6, 6.07) is 8.46. The van der Waals surface area contributed by atoms with Crippen molar-refractivity contribution in [1.82, 2.24) is 9.78 Å². The second-order valence-electron chi connectivity index (χ2n) is 4.85. The summed E-state index contributed by atoms with van der Waals surface area (Å²) in [5.74, 6) is 0.644. The van der Waals surface area contributed by atoms with E-state index in [0.29, 0.717) is 22.2 Å². The molecule has 0 aliphatic rings. The zero-order valence-electron chi connectivity index (χ0n) is 12.2. The Morgan fingerprint density at radius 1 is 1.50 bits per heavy atom. The van der Waals surface area contributed by atoms with Crippen LogP contribution in [0.5, 0.6) is 5.75 Å². The van der Waals surface area contributed by atoms with Gasteiger partial charge in [-0.3, -0.25) is 4.79 Å². The lowest BCUT2D eigenvalue weighted by atomic mass is 10.2. The summed E-state index contributed by atoms with van der Waals surface area (Å²) in [4.78, 5) is 11.9. The van der Waals surface area contributed by atoms with Crippen LogP contribution in [0.1, 0.15) is 25.5 Å². The lowest BCUT2D eigenvalue weighted by molar-refractivity contribution is -0.118. The number of amides is 1. The van der Waals surface area contributed by atoms with Gasteiger partial charge in [0.1, 0.15) is 11.6 Å². The molecule has 2 aromatic rings. The SMILES string of the molecule is CC(C)n1nccc1NC(=O)COc1ccc(C#N)cc1Cl. The third kappa shape index (κ3) is 3.77. The van der Waals surface area contributed by atoms with E-state index in [1.807, 2.05) is 19.9 Å². The van der Waals surface area contributed by atoms with Crippen molar-refractivity contribution in [3.05, 3.63) is 41.0 Å². The molecule has 1 heterocycles. The van der Waals surface area contributed by atoms with Crippen LogP contribution in [0, 0.1) is 11.3 Å². The highest BCUT2D eigenvalue weighted by Crippen LogP contribution is 2.25. The van der Waals surface area contributed by atoms with Gasteiger partial charge in [-0.05, 0) is 32.0 Å². The van der Waals surface area contributed by atoms with Gasteiger partial charge >= 0.3 is 0 Å². The first-order valence-corrected chi connectivity index (χ1v) is 7.05. The molecule has 114 valence electrons. The van der Waals surface area contributed by atoms with Crippen molar-refractivity contribution in [3.63, 3.8) is 0 Å². The first-order chi connectivity index (χ1) is 10.5. The summed E-state index contributed by atoms with van der Waals surface area (Å²) < 4.78 is 7.07. The van der Waals surface area contributed by atoms with Gasteiger partial charge in [-0.15, -0.1) is 0 Å². The van der Waals surface area contributed by atoms with Gasteiger partial charge in [0.05, 0.1) is 22.9 Å². The fourth-order valence-electron chi connectivity index (χ4n) is 1.83. The Balaban J connectivity index is 1.96. The molecule has 1 aromatic heterocycles. The number of hydrogen-bond acceptors (Lipinski definition) is 4. The molecule has 0 spiro atoms. The number of carbonyl (C=O) groups is 1. The molecule has 0 aliphatic heterocycles. The molecule has 1 aromatic carbocycles. The molecule has 22 heavy (non-hydrogen) atoms. The van der Waals surface area contributed by atoms with E-state index in [-0.39, 0.29) is 18.6 Å². The van der Waals surface area contributed by atoms with Crippen molar-refractivity contribution >= 4 is 23.3 Å². The average Bonchev–Trinajstić information content (AvgIpc) is 2.94. The number of nitrogens with zero attached hydrogens (tertiary/aromatic N) is 3. The number of halogens is 1. The smallest absolute Gasteiger partial charge is 0.263 e. The van der Waals surface area contributed by atoms with E-state index in [0.717, 1.165) is 0 Å². The molecule has 6 nitrogen and oxygen atoms in total. The minimum absolute atomic E-state index is 0.138. The highest BCUT2D eigenvalue weighted by atomic mass is 35.5. The van der Waals surface area contributed by atoms with Crippen LogP contribution in [0.25, 0.3) is 0 Å². The lowest BCUT2D eigenvalue weighted by Gasteiger charge is -2.12. The molecule has 0 unspecified atom stereocenters. The maximum absolute atomic E-state index is 11.9. The molecular weight excluding hydrogens is 304 g/mol. The quantitative estimate of drug-likeness (QED) is 0.919. The Morgan fingerprint density at radius 2 is 2.27 bits per heavy atom. The fourth-order valence-corrected chi connectivity index (χ4v) is 2.07. The largest absolute Gasteiger partial charge is 0.482 e. The molecule has 0 radical (unpaired) electrons. The molecule has 0 saturated carbocycles. The van der Waals surface area contributed by atoms with E-state index < -0.39 is 0 Å². The Morgan fingerprint density at radius 3 is 2.91 bits per heavy atom. The van der Waals surface area contributed by atoms with E-state index in [1.165, 1.54) is 6.07 Å². The van der Waals surface area contributed by atoms with Crippen LogP contribution in [0.3, 0.4) is 0 Å². The van der Waals surface area contributed by atoms with Crippen molar-refractivity contribution < 1.29 is 9.53 Å². The zero-order valence-corrected chi connectivity index (χ0v) is 13.0. The monoisotopic (exact) mass is 318 g/mol. The van der Waals surface area contributed by atoms with Gasteiger partial charge < -0.3 is 10.1 Å². The first-order valence-electron chi connectivity index (χ1n) is 6.67. The number of anilines is 1. The lowest BCUT2D eigenvalue weighted by Crippen LogP contribution is -2.22. The average molecular weight is 319 g/mol. The van der Waals surface area contributed by atoms with Crippen LogP contribution in [-0.4, -0.2) is 22.3 Å². The topological polar surface area (TPSA) is 79.9 Å². The van der Waals surface area contributed by atoms with Crippen molar-refractivity contribution in [2.45, 2.75) is 19.9 Å². The molecule has 0 aliphatic carbocycles. The summed E-state index contributed by atoms with van der Waals surface area (Å²) in [6.07, 6.45) is 1.62. The molecule has 2 rings (SSSR count). The minimum atomic E-state index is -0.317. The van der Waals surface area contributed by atoms with Gasteiger partial charge in [0.15, 0.2) is 6.61 Å². The highest BCUT2D eigenvalue weighted by Gasteiger charge is 2.11. The molecule has 0 saturated heterocycles. The molecule has 1 N–H and O–H groups in total. The van der Waals surface area contributed by atoms with E-state index in [1.54, 1.807) is 29.1 Å². The van der Waals surface area contributed by atoms with Crippen molar-refractivity contribution in [2.75, 3.05) is 11.9 Å². The Kier molecular flexibility index (Phi) is 5.02. The Bertz CT molecular complexity index is 719. The van der Waals surface area contributed by atoms with Gasteiger partial charge in [-0.1, -0.05) is 11.6 Å². The third-order valence-electron chi connectivity index (χ3n) is 2.85. The predicted molar refractivity (Wildman–Crippen MR) is 82.9 cm³/mol. The van der Waals surface area contributed by atoms with Crippen LogP contribution in [0.2, 0.25) is 5.02 Å². The number of ether oxygens (including phenoxy) is 1. The normalized spacial score (nSPS) is 10.3. The molecule has 0 bridgehead atoms. The van der Waals surface area contributed by atoms with Crippen LogP contribution in [-0.2, 0) is 4.79 Å². The Labute approximate surface area is 133 Å². The number of hydrogen-bond donors (Lipinski definition) is 1. The number of rotatable bonds is 5. The van der Waals surface area contributed by atoms with Crippen LogP contribution < -0.4 is 10.1 Å². The van der Waals surface area contributed by atoms with E-state index in [4.69, 9.17) is 21.6 Å². The highest BCUT2D eigenvalue weighted by molar-refractivity contribution is 6.32. The maximum atomic E-state index is 11.9. The summed E-state index contributed by atoms with van der Waals surface area (Å²) in [5, 5.41) is 15.9. The van der Waals surface area contributed by atoms with Crippen LogP contribution >= 0.6 is 11.6 Å². The van der Waals surface area contributed by atoms with Gasteiger partial charge in [-0.2, -0.15) is 10.4 Å². The van der Waals surface area contributed by atoms with Crippen molar-refractivity contribution in [1.29, 1.82) is 5.26 Å². The summed E-state index contributed by atoms with van der Waals surface area (Å²) in [6.45, 7) is 3.75. The molecule has 1 amide bonds. The predicted octanol–water partition coefficient (Wildman–Crippen LogP) is 3.01. The zero-order chi connectivity index (χ0) is 16.1. The number of nitriles is 1. The number of nitrogens with one attached hydrogen (secondary N) is 1. The second kappa shape index (κ2) is 6.96. The van der Waals surface area contributed by atoms with Gasteiger partial charge in [0.25, 0.3) is 5.91 Å². The van der Waals surface area contributed by atoms with Gasteiger partial charge in [-0.25, -0.2) is 4.68 Å². The molecular formula is C15H15ClN4O2. The van der Waals surface area contributed by atoms with E-state index in [2.05, 4.69) is 10.4 Å². The van der Waals surface area contributed by atoms with Gasteiger partial charge in [0.2, 0.25) is 0 Å². The van der Waals surface area contributed by atoms with Crippen molar-refractivity contribution in [3.8, 4) is 11.8 Å². The summed E-state index contributed by atoms with van der Waals surface area (Å²) in [7, 11) is 0. The second-order valence-corrected chi connectivity index (χ2v) is 5.26. The summed E-state index contributed by atoms with van der Waals surface area (Å²) >= 11 is 5.98. The number of carbonyl (C=O) groups excluding carboxylic acids is 1. The van der Waals surface area contributed by atoms with E-state index >= 15 is 0 Å². The maximum Gasteiger partial charge on any atom is 0.263 e. The summed E-state index contributed by atoms with van der Waals surface area (Å²) in [5.41, 5.74) is 0.433. The molecule has 7 heteroatoms. The van der Waals surface area contributed by atoms with Crippen LogP contribution in [0.4, 0.5) is 5.82 Å². The van der Waals surface area contributed by atoms with Crippen molar-refractivity contribution in [2.24, 2.45) is 0 Å². The number of aromatic nitrogens is 2. The minimum Gasteiger partial charge on any atom is -0.482 e. The van der Waals surface area contributed by atoms with E-state index in [9.17, 15) is 4.79 Å². The Hall–Kier alpha value is -2.52. The standard InChI is InChI=1S/C15H15ClN4O2/c1-10(2)20-14(5-6-18-20)19-15(21)9-22-13-4-3-11(8-17)7-12(13)16/h3-7,10H,9H2,1-2H3,(H,19,21). The number of benzene rings is 1. The third-order valence-corrected chi connectivity index (χ3v) is 3.14.